The third-order valence-electron chi connectivity index (χ3n) is 3.24. The van der Waals surface area contributed by atoms with Crippen LogP contribution in [0, 0.1) is 5.41 Å². The number of unbranched alkanes of at least 4 members (excludes halogenated alkanes) is 1. The number of carboxylic acids is 1. The van der Waals surface area contributed by atoms with E-state index in [-0.39, 0.29) is 0 Å². The van der Waals surface area contributed by atoms with Crippen LogP contribution in [0.5, 0.6) is 11.5 Å². The quantitative estimate of drug-likeness (QED) is 0.605. The Balaban J connectivity index is 2.43. The first-order valence-electron chi connectivity index (χ1n) is 6.67. The first-order chi connectivity index (χ1) is 9.77. The van der Waals surface area contributed by atoms with Crippen molar-refractivity contribution in [3.8, 4) is 11.5 Å². The molecule has 0 saturated heterocycles. The largest absolute Gasteiger partial charge is 0.496 e. The smallest absolute Gasteiger partial charge is 0.309 e. The normalized spacial score (nSPS) is 11.3. The van der Waals surface area contributed by atoms with Gasteiger partial charge >= 0.3 is 5.97 Å². The van der Waals surface area contributed by atoms with E-state index in [1.54, 1.807) is 21.0 Å². The van der Waals surface area contributed by atoms with Crippen LogP contribution in [0.2, 0.25) is 0 Å². The van der Waals surface area contributed by atoms with Crippen LogP contribution in [-0.2, 0) is 4.79 Å². The standard InChI is InChI=1S/C15H20Br2O4/c1-15(2,14(18)19)6-4-5-7-21-13-9-10(16)12(20-3)8-11(13)17/h8-9H,4-7H2,1-3H3,(H,18,19). The molecule has 0 aliphatic heterocycles. The highest BCUT2D eigenvalue weighted by Gasteiger charge is 2.25. The van der Waals surface area contributed by atoms with Gasteiger partial charge in [-0.3, -0.25) is 4.79 Å². The number of methoxy groups -OCH3 is 1. The molecule has 1 rings (SSSR count). The summed E-state index contributed by atoms with van der Waals surface area (Å²) in [5, 5.41) is 9.04. The third-order valence-corrected chi connectivity index (χ3v) is 4.48. The minimum Gasteiger partial charge on any atom is -0.496 e. The van der Waals surface area contributed by atoms with Crippen LogP contribution in [0.15, 0.2) is 21.1 Å². The second kappa shape index (κ2) is 8.03. The van der Waals surface area contributed by atoms with Crippen LogP contribution in [0.25, 0.3) is 0 Å². The zero-order valence-corrected chi connectivity index (χ0v) is 15.6. The van der Waals surface area contributed by atoms with Crippen molar-refractivity contribution >= 4 is 37.8 Å². The van der Waals surface area contributed by atoms with Crippen LogP contribution < -0.4 is 9.47 Å². The highest BCUT2D eigenvalue weighted by atomic mass is 79.9. The molecular formula is C15H20Br2O4. The Kier molecular flexibility index (Phi) is 7.00. The van der Waals surface area contributed by atoms with Crippen molar-refractivity contribution in [3.63, 3.8) is 0 Å². The van der Waals surface area contributed by atoms with E-state index in [1.807, 2.05) is 12.1 Å². The molecule has 0 unspecified atom stereocenters. The molecule has 0 aliphatic rings. The zero-order valence-electron chi connectivity index (χ0n) is 12.4. The molecule has 0 radical (unpaired) electrons. The number of rotatable bonds is 8. The van der Waals surface area contributed by atoms with E-state index in [0.717, 1.165) is 33.3 Å². The van der Waals surface area contributed by atoms with Gasteiger partial charge < -0.3 is 14.6 Å². The maximum Gasteiger partial charge on any atom is 0.309 e. The van der Waals surface area contributed by atoms with Gasteiger partial charge in [-0.15, -0.1) is 0 Å². The van der Waals surface area contributed by atoms with Crippen molar-refractivity contribution in [2.45, 2.75) is 33.1 Å². The minimum absolute atomic E-state index is 0.549. The molecule has 6 heteroatoms. The molecule has 0 bridgehead atoms. The molecule has 0 aromatic heterocycles. The van der Waals surface area contributed by atoms with Crippen LogP contribution in [0.4, 0.5) is 0 Å². The number of aliphatic carboxylic acids is 1. The van der Waals surface area contributed by atoms with E-state index < -0.39 is 11.4 Å². The summed E-state index contributed by atoms with van der Waals surface area (Å²) in [6.07, 6.45) is 2.26. The summed E-state index contributed by atoms with van der Waals surface area (Å²) in [6, 6.07) is 3.69. The fraction of sp³-hybridized carbons (Fsp3) is 0.533. The maximum absolute atomic E-state index is 11.0. The molecule has 1 aromatic carbocycles. The fourth-order valence-electron chi connectivity index (χ4n) is 1.74. The lowest BCUT2D eigenvalue weighted by atomic mass is 9.87. The number of hydrogen-bond acceptors (Lipinski definition) is 3. The number of hydrogen-bond donors (Lipinski definition) is 1. The zero-order chi connectivity index (χ0) is 16.0. The number of ether oxygens (including phenoxy) is 2. The molecule has 0 spiro atoms. The van der Waals surface area contributed by atoms with E-state index >= 15 is 0 Å². The van der Waals surface area contributed by atoms with Gasteiger partial charge in [0.15, 0.2) is 0 Å². The Bertz CT molecular complexity index is 501. The van der Waals surface area contributed by atoms with Gasteiger partial charge in [0.25, 0.3) is 0 Å². The summed E-state index contributed by atoms with van der Waals surface area (Å²) in [6.45, 7) is 4.04. The lowest BCUT2D eigenvalue weighted by Crippen LogP contribution is -2.23. The van der Waals surface area contributed by atoms with Gasteiger partial charge in [0.05, 0.1) is 28.1 Å². The van der Waals surface area contributed by atoms with Gasteiger partial charge in [0, 0.05) is 0 Å². The molecule has 1 N–H and O–H groups in total. The van der Waals surface area contributed by atoms with E-state index in [1.165, 1.54) is 0 Å². The molecule has 118 valence electrons. The van der Waals surface area contributed by atoms with Crippen LogP contribution in [0.3, 0.4) is 0 Å². The van der Waals surface area contributed by atoms with Crippen LogP contribution >= 0.6 is 31.9 Å². The van der Waals surface area contributed by atoms with E-state index in [2.05, 4.69) is 31.9 Å². The molecule has 0 saturated carbocycles. The third kappa shape index (κ3) is 5.51. The molecular weight excluding hydrogens is 404 g/mol. The van der Waals surface area contributed by atoms with Crippen molar-refractivity contribution in [2.24, 2.45) is 5.41 Å². The molecule has 21 heavy (non-hydrogen) atoms. The molecule has 0 amide bonds. The Hall–Kier alpha value is -0.750. The summed E-state index contributed by atoms with van der Waals surface area (Å²) in [4.78, 5) is 11.0. The summed E-state index contributed by atoms with van der Waals surface area (Å²) in [5.41, 5.74) is -0.677. The molecule has 0 fully saturated rings. The first kappa shape index (κ1) is 18.3. The summed E-state index contributed by atoms with van der Waals surface area (Å²) in [7, 11) is 1.61. The SMILES string of the molecule is COc1cc(Br)c(OCCCCC(C)(C)C(=O)O)cc1Br. The van der Waals surface area contributed by atoms with Gasteiger partial charge in [-0.2, -0.15) is 0 Å². The number of halogens is 2. The average molecular weight is 424 g/mol. The highest BCUT2D eigenvalue weighted by Crippen LogP contribution is 2.36. The Morgan fingerprint density at radius 1 is 1.19 bits per heavy atom. The van der Waals surface area contributed by atoms with E-state index in [9.17, 15) is 4.79 Å². The second-order valence-corrected chi connectivity index (χ2v) is 7.12. The van der Waals surface area contributed by atoms with Crippen LogP contribution in [0.1, 0.15) is 33.1 Å². The number of benzene rings is 1. The average Bonchev–Trinajstić information content (AvgIpc) is 2.41. The summed E-state index contributed by atoms with van der Waals surface area (Å²) >= 11 is 6.85. The second-order valence-electron chi connectivity index (χ2n) is 5.41. The molecule has 0 aliphatic carbocycles. The summed E-state index contributed by atoms with van der Waals surface area (Å²) in [5.74, 6) is 0.711. The maximum atomic E-state index is 11.0. The molecule has 0 atom stereocenters. The highest BCUT2D eigenvalue weighted by molar-refractivity contribution is 9.11. The van der Waals surface area contributed by atoms with Gasteiger partial charge in [-0.25, -0.2) is 0 Å². The van der Waals surface area contributed by atoms with Crippen molar-refractivity contribution < 1.29 is 19.4 Å². The Morgan fingerprint density at radius 3 is 2.33 bits per heavy atom. The van der Waals surface area contributed by atoms with Crippen LogP contribution in [-0.4, -0.2) is 24.8 Å². The van der Waals surface area contributed by atoms with Gasteiger partial charge in [0.2, 0.25) is 0 Å². The minimum atomic E-state index is -0.759. The lowest BCUT2D eigenvalue weighted by Gasteiger charge is -2.18. The lowest BCUT2D eigenvalue weighted by molar-refractivity contribution is -0.147. The molecule has 0 heterocycles. The summed E-state index contributed by atoms with van der Waals surface area (Å²) < 4.78 is 12.6. The fourth-order valence-corrected chi connectivity index (χ4v) is 2.66. The van der Waals surface area contributed by atoms with E-state index in [4.69, 9.17) is 14.6 Å². The van der Waals surface area contributed by atoms with Gasteiger partial charge in [-0.05, 0) is 77.1 Å². The van der Waals surface area contributed by atoms with Crippen molar-refractivity contribution in [1.29, 1.82) is 0 Å². The molecule has 1 aromatic rings. The predicted octanol–water partition coefficient (Wildman–Crippen LogP) is 4.88. The number of carbonyl (C=O) groups is 1. The van der Waals surface area contributed by atoms with Crippen molar-refractivity contribution in [1.82, 2.24) is 0 Å². The van der Waals surface area contributed by atoms with Crippen molar-refractivity contribution in [2.75, 3.05) is 13.7 Å². The Morgan fingerprint density at radius 2 is 1.76 bits per heavy atom. The first-order valence-corrected chi connectivity index (χ1v) is 8.26. The molecule has 4 nitrogen and oxygen atoms in total. The van der Waals surface area contributed by atoms with Crippen molar-refractivity contribution in [3.05, 3.63) is 21.1 Å². The topological polar surface area (TPSA) is 55.8 Å². The Labute approximate surface area is 142 Å². The monoisotopic (exact) mass is 422 g/mol. The predicted molar refractivity (Wildman–Crippen MR) is 89.2 cm³/mol. The van der Waals surface area contributed by atoms with Gasteiger partial charge in [-0.1, -0.05) is 0 Å². The van der Waals surface area contributed by atoms with E-state index in [0.29, 0.717) is 13.0 Å². The number of carboxylic acid groups (broad SMARTS) is 1. The van der Waals surface area contributed by atoms with Gasteiger partial charge in [0.1, 0.15) is 11.5 Å².